The quantitative estimate of drug-likeness (QED) is 0.479. The molecular formula is C24H35N3O5. The van der Waals surface area contributed by atoms with Crippen molar-refractivity contribution >= 4 is 6.09 Å². The molecule has 0 aliphatic carbocycles. The van der Waals surface area contributed by atoms with Crippen LogP contribution in [0.4, 0.5) is 4.79 Å². The molecule has 2 fully saturated rings. The van der Waals surface area contributed by atoms with Crippen LogP contribution in [0.25, 0.3) is 0 Å². The van der Waals surface area contributed by atoms with Gasteiger partial charge in [0.1, 0.15) is 6.10 Å². The van der Waals surface area contributed by atoms with Crippen LogP contribution in [0.3, 0.4) is 0 Å². The van der Waals surface area contributed by atoms with Gasteiger partial charge < -0.3 is 30.0 Å². The van der Waals surface area contributed by atoms with E-state index >= 15 is 0 Å². The summed E-state index contributed by atoms with van der Waals surface area (Å²) in [6.45, 7) is 6.10. The Labute approximate surface area is 190 Å². The van der Waals surface area contributed by atoms with E-state index in [2.05, 4.69) is 30.6 Å². The van der Waals surface area contributed by atoms with Crippen molar-refractivity contribution in [1.29, 1.82) is 5.26 Å². The Morgan fingerprint density at radius 3 is 2.88 bits per heavy atom. The Hall–Kier alpha value is -2.18. The molecule has 1 aromatic carbocycles. The van der Waals surface area contributed by atoms with Crippen LogP contribution in [-0.4, -0.2) is 62.0 Å². The minimum absolute atomic E-state index is 0.0564. The number of hydrogen-bond donors (Lipinski definition) is 3. The largest absolute Gasteiger partial charge is 0.443 e. The first-order valence-electron chi connectivity index (χ1n) is 11.4. The topological polar surface area (TPSA) is 113 Å². The number of benzene rings is 1. The minimum Gasteiger partial charge on any atom is -0.443 e. The molecule has 0 radical (unpaired) electrons. The highest BCUT2D eigenvalue weighted by molar-refractivity contribution is 5.68. The van der Waals surface area contributed by atoms with Crippen molar-refractivity contribution in [2.45, 2.75) is 64.1 Å². The fourth-order valence-corrected chi connectivity index (χ4v) is 4.21. The highest BCUT2D eigenvalue weighted by Gasteiger charge is 2.44. The van der Waals surface area contributed by atoms with Gasteiger partial charge in [-0.25, -0.2) is 4.79 Å². The summed E-state index contributed by atoms with van der Waals surface area (Å²) in [6.07, 6.45) is 0.580. The molecule has 0 aromatic heterocycles. The van der Waals surface area contributed by atoms with E-state index in [1.54, 1.807) is 0 Å². The molecule has 176 valence electrons. The van der Waals surface area contributed by atoms with Crippen molar-refractivity contribution in [3.63, 3.8) is 0 Å². The van der Waals surface area contributed by atoms with Gasteiger partial charge in [-0.2, -0.15) is 5.26 Å². The average molecular weight is 446 g/mol. The summed E-state index contributed by atoms with van der Waals surface area (Å²) in [5.41, 5.74) is 0.957. The normalized spacial score (nSPS) is 24.4. The highest BCUT2D eigenvalue weighted by atomic mass is 16.7. The lowest BCUT2D eigenvalue weighted by molar-refractivity contribution is -0.0907. The van der Waals surface area contributed by atoms with E-state index in [0.29, 0.717) is 39.1 Å². The molecule has 3 N–H and O–H groups in total. The summed E-state index contributed by atoms with van der Waals surface area (Å²) < 4.78 is 16.7. The summed E-state index contributed by atoms with van der Waals surface area (Å²) in [5.74, 6) is 0.0653. The third-order valence-electron chi connectivity index (χ3n) is 6.18. The van der Waals surface area contributed by atoms with Gasteiger partial charge in [0, 0.05) is 19.5 Å². The van der Waals surface area contributed by atoms with E-state index in [1.807, 2.05) is 30.3 Å². The fraction of sp³-hybridized carbons (Fsp3) is 0.667. The SMILES string of the molecule is CC(C)(CCC#N)CNCC(O)[C@H](Cc1ccccc1)NC(=O)O[C@H]1CO[C@H]2OCC[C@H]21. The molecule has 32 heavy (non-hydrogen) atoms. The molecule has 1 aromatic rings. The van der Waals surface area contributed by atoms with Crippen LogP contribution in [0.15, 0.2) is 30.3 Å². The molecule has 2 heterocycles. The summed E-state index contributed by atoms with van der Waals surface area (Å²) in [6, 6.07) is 11.4. The maximum absolute atomic E-state index is 12.7. The number of carbonyl (C=O) groups is 1. The van der Waals surface area contributed by atoms with E-state index in [1.165, 1.54) is 0 Å². The number of ether oxygens (including phenoxy) is 3. The van der Waals surface area contributed by atoms with Gasteiger partial charge in [0.15, 0.2) is 6.29 Å². The first-order valence-corrected chi connectivity index (χ1v) is 11.4. The third-order valence-corrected chi connectivity index (χ3v) is 6.18. The van der Waals surface area contributed by atoms with Crippen LogP contribution in [0, 0.1) is 22.7 Å². The van der Waals surface area contributed by atoms with Gasteiger partial charge in [0.05, 0.1) is 37.3 Å². The molecule has 8 heteroatoms. The van der Waals surface area contributed by atoms with E-state index in [0.717, 1.165) is 18.4 Å². The summed E-state index contributed by atoms with van der Waals surface area (Å²) in [7, 11) is 0. The summed E-state index contributed by atoms with van der Waals surface area (Å²) in [5, 5.41) is 25.8. The number of nitriles is 1. The van der Waals surface area contributed by atoms with E-state index < -0.39 is 18.2 Å². The first-order chi connectivity index (χ1) is 15.4. The van der Waals surface area contributed by atoms with Crippen LogP contribution < -0.4 is 10.6 Å². The van der Waals surface area contributed by atoms with Crippen molar-refractivity contribution in [2.24, 2.45) is 11.3 Å². The Kier molecular flexibility index (Phi) is 8.88. The van der Waals surface area contributed by atoms with Crippen molar-refractivity contribution in [3.8, 4) is 6.07 Å². The van der Waals surface area contributed by atoms with Gasteiger partial charge in [-0.05, 0) is 30.2 Å². The fourth-order valence-electron chi connectivity index (χ4n) is 4.21. The molecule has 2 aliphatic heterocycles. The van der Waals surface area contributed by atoms with Gasteiger partial charge >= 0.3 is 6.09 Å². The number of aliphatic hydroxyl groups excluding tert-OH is 1. The zero-order valence-electron chi connectivity index (χ0n) is 19.0. The Bertz CT molecular complexity index is 767. The molecule has 0 saturated carbocycles. The van der Waals surface area contributed by atoms with Gasteiger partial charge in [-0.15, -0.1) is 0 Å². The van der Waals surface area contributed by atoms with Crippen LogP contribution in [0.2, 0.25) is 0 Å². The van der Waals surface area contributed by atoms with Gasteiger partial charge in [-0.1, -0.05) is 44.2 Å². The smallest absolute Gasteiger partial charge is 0.407 e. The predicted octanol–water partition coefficient (Wildman–Crippen LogP) is 2.37. The second-order valence-electron chi connectivity index (χ2n) is 9.43. The van der Waals surface area contributed by atoms with Gasteiger partial charge in [-0.3, -0.25) is 0 Å². The Morgan fingerprint density at radius 1 is 1.34 bits per heavy atom. The maximum Gasteiger partial charge on any atom is 0.407 e. The molecule has 3 rings (SSSR count). The molecule has 1 unspecified atom stereocenters. The number of alkyl carbamates (subject to hydrolysis) is 1. The zero-order valence-corrected chi connectivity index (χ0v) is 19.0. The molecule has 8 nitrogen and oxygen atoms in total. The number of amides is 1. The maximum atomic E-state index is 12.7. The lowest BCUT2D eigenvalue weighted by atomic mass is 9.88. The molecular weight excluding hydrogens is 410 g/mol. The predicted molar refractivity (Wildman–Crippen MR) is 119 cm³/mol. The van der Waals surface area contributed by atoms with Gasteiger partial charge in [0.25, 0.3) is 0 Å². The molecule has 2 saturated heterocycles. The number of nitrogens with zero attached hydrogens (tertiary/aromatic N) is 1. The second kappa shape index (κ2) is 11.6. The molecule has 0 bridgehead atoms. The lowest BCUT2D eigenvalue weighted by Gasteiger charge is -2.28. The van der Waals surface area contributed by atoms with E-state index in [4.69, 9.17) is 19.5 Å². The van der Waals surface area contributed by atoms with Gasteiger partial charge in [0.2, 0.25) is 0 Å². The standard InChI is InChI=1S/C24H35N3O5/c1-24(2,10-6-11-25)16-26-14-20(28)19(13-17-7-4-3-5-8-17)27-23(29)32-21-15-31-22-18(21)9-12-30-22/h3-5,7-8,18-22,26,28H,6,9-10,12-16H2,1-2H3,(H,27,29)/t18-,19-,20?,21-,22+/m0/s1. The number of carbonyl (C=O) groups excluding carboxylic acids is 1. The molecule has 5 atom stereocenters. The lowest BCUT2D eigenvalue weighted by Crippen LogP contribution is -2.50. The number of aliphatic hydroxyl groups is 1. The highest BCUT2D eigenvalue weighted by Crippen LogP contribution is 2.33. The number of fused-ring (bicyclic) bond motifs is 1. The van der Waals surface area contributed by atoms with Crippen molar-refractivity contribution in [3.05, 3.63) is 35.9 Å². The van der Waals surface area contributed by atoms with E-state index in [-0.39, 0.29) is 23.7 Å². The minimum atomic E-state index is -0.808. The Balaban J connectivity index is 1.55. The van der Waals surface area contributed by atoms with Crippen LogP contribution in [0.5, 0.6) is 0 Å². The zero-order chi connectivity index (χ0) is 23.0. The molecule has 1 amide bonds. The van der Waals surface area contributed by atoms with Crippen molar-refractivity contribution in [1.82, 2.24) is 10.6 Å². The molecule has 2 aliphatic rings. The first kappa shape index (κ1) is 24.5. The van der Waals surface area contributed by atoms with Crippen LogP contribution >= 0.6 is 0 Å². The average Bonchev–Trinajstić information content (AvgIpc) is 3.37. The van der Waals surface area contributed by atoms with E-state index in [9.17, 15) is 9.90 Å². The number of hydrogen-bond acceptors (Lipinski definition) is 7. The number of rotatable bonds is 11. The van der Waals surface area contributed by atoms with Crippen molar-refractivity contribution < 1.29 is 24.1 Å². The summed E-state index contributed by atoms with van der Waals surface area (Å²) >= 11 is 0. The van der Waals surface area contributed by atoms with Crippen LogP contribution in [0.1, 0.15) is 38.7 Å². The third kappa shape index (κ3) is 7.17. The second-order valence-corrected chi connectivity index (χ2v) is 9.43. The number of nitrogens with one attached hydrogen (secondary N) is 2. The van der Waals surface area contributed by atoms with Crippen LogP contribution in [-0.2, 0) is 20.6 Å². The summed E-state index contributed by atoms with van der Waals surface area (Å²) in [4.78, 5) is 12.7. The molecule has 0 spiro atoms. The monoisotopic (exact) mass is 445 g/mol. The Morgan fingerprint density at radius 2 is 2.12 bits per heavy atom. The van der Waals surface area contributed by atoms with Crippen molar-refractivity contribution in [2.75, 3.05) is 26.3 Å².